The third-order valence-corrected chi connectivity index (χ3v) is 38.3. The van der Waals surface area contributed by atoms with E-state index in [0.717, 1.165) is 43.8 Å². The number of aliphatic imine (C=N–C) groups is 2. The molecular formula is C59H77N14O16S3Si3+. The van der Waals surface area contributed by atoms with E-state index in [-0.39, 0.29) is 81.8 Å². The quantitative estimate of drug-likeness (QED) is 0.0111. The number of carbonyl (C=O) groups excluding carboxylic acids is 3. The topological polar surface area (TPSA) is 397 Å². The molecule has 1 spiro atoms. The summed E-state index contributed by atoms with van der Waals surface area (Å²) in [4.78, 5) is 66.4. The van der Waals surface area contributed by atoms with E-state index in [2.05, 4.69) is 67.2 Å². The van der Waals surface area contributed by atoms with Crippen LogP contribution >= 0.6 is 0 Å². The first-order chi connectivity index (χ1) is 45.1. The Labute approximate surface area is 549 Å². The molecule has 2 amide bonds. The van der Waals surface area contributed by atoms with E-state index in [1.54, 1.807) is 0 Å². The van der Waals surface area contributed by atoms with Gasteiger partial charge in [0.15, 0.2) is 0 Å². The molecule has 0 atom stereocenters. The van der Waals surface area contributed by atoms with Crippen LogP contribution in [0, 0.1) is 0 Å². The second kappa shape index (κ2) is 24.7. The summed E-state index contributed by atoms with van der Waals surface area (Å²) in [5.74, 6) is 15.2. The third kappa shape index (κ3) is 11.4. The number of hydrogen-bond acceptors (Lipinski definition) is 22. The van der Waals surface area contributed by atoms with Crippen LogP contribution in [0.3, 0.4) is 0 Å². The monoisotopic (exact) mass is 1420 g/mol. The Bertz CT molecular complexity index is 4650. The van der Waals surface area contributed by atoms with Crippen LogP contribution in [0.2, 0.25) is 38.3 Å². The summed E-state index contributed by atoms with van der Waals surface area (Å²) < 4.78 is 124. The summed E-state index contributed by atoms with van der Waals surface area (Å²) in [5, 5.41) is 9.27. The number of rotatable bonds is 34. The molecule has 9 N–H and O–H groups in total. The van der Waals surface area contributed by atoms with Crippen molar-refractivity contribution < 1.29 is 83.5 Å². The molecule has 6 aliphatic heterocycles. The molecule has 0 radical (unpaired) electrons. The van der Waals surface area contributed by atoms with Gasteiger partial charge in [-0.15, -0.1) is 0 Å². The average Bonchev–Trinajstić information content (AvgIpc) is 1.50. The van der Waals surface area contributed by atoms with Crippen LogP contribution in [0.1, 0.15) is 67.2 Å². The van der Waals surface area contributed by atoms with Gasteiger partial charge in [0.2, 0.25) is 0 Å². The van der Waals surface area contributed by atoms with Gasteiger partial charge in [0.1, 0.15) is 0 Å². The maximum absolute atomic E-state index is 14.2. The van der Waals surface area contributed by atoms with Gasteiger partial charge in [0.05, 0.1) is 17.3 Å². The van der Waals surface area contributed by atoms with Gasteiger partial charge in [-0.1, -0.05) is 0 Å². The fourth-order valence-corrected chi connectivity index (χ4v) is 39.2. The van der Waals surface area contributed by atoms with E-state index in [1.807, 2.05) is 97.1 Å². The Kier molecular flexibility index (Phi) is 17.6. The van der Waals surface area contributed by atoms with Gasteiger partial charge in [-0.05, 0) is 0 Å². The van der Waals surface area contributed by atoms with Crippen molar-refractivity contribution >= 4 is 129 Å². The van der Waals surface area contributed by atoms with Crippen LogP contribution in [0.25, 0.3) is 21.5 Å². The first-order valence-electron chi connectivity index (χ1n) is 31.3. The first-order valence-corrected chi connectivity index (χ1v) is 44.9. The molecule has 0 fully saturated rings. The van der Waals surface area contributed by atoms with Gasteiger partial charge >= 0.3 is 430 Å². The van der Waals surface area contributed by atoms with E-state index in [4.69, 9.17) is 46.5 Å². The second-order valence-corrected chi connectivity index (χ2v) is 45.3. The Morgan fingerprint density at radius 1 is 0.547 bits per heavy atom. The molecule has 4 aromatic carbocycles. The number of nitrogens with zero attached hydrogens (tertiary/aromatic N) is 9. The molecule has 0 saturated heterocycles. The summed E-state index contributed by atoms with van der Waals surface area (Å²) >= 11 is 0. The van der Waals surface area contributed by atoms with Crippen molar-refractivity contribution in [1.29, 1.82) is 0 Å². The summed E-state index contributed by atoms with van der Waals surface area (Å²) in [6.45, 7) is 8.63. The molecule has 6 aliphatic rings. The Balaban J connectivity index is 0.959. The zero-order chi connectivity index (χ0) is 67.6. The Hall–Kier alpha value is -7.25. The van der Waals surface area contributed by atoms with Gasteiger partial charge in [0, 0.05) is 19.3 Å². The van der Waals surface area contributed by atoms with Crippen LogP contribution in [-0.2, 0) is 71.1 Å². The molecule has 508 valence electrons. The minimum absolute atomic E-state index is 0.0136. The van der Waals surface area contributed by atoms with E-state index in [9.17, 15) is 48.3 Å². The first kappa shape index (κ1) is 67.7. The van der Waals surface area contributed by atoms with E-state index in [1.165, 1.54) is 0 Å². The number of ether oxygens (including phenoxy) is 1. The van der Waals surface area contributed by atoms with Crippen LogP contribution in [-0.4, -0.2) is 187 Å². The normalized spacial score (nSPS) is 17.4. The molecule has 0 saturated carbocycles. The van der Waals surface area contributed by atoms with Crippen molar-refractivity contribution in [1.82, 2.24) is 19.1 Å². The van der Waals surface area contributed by atoms with E-state index < -0.39 is 97.1 Å². The predicted octanol–water partition coefficient (Wildman–Crippen LogP) is 2.31. The SMILES string of the molecule is C[Si](C)(CCCNC(=O)CCC[N+](CCCS(=O)(=O)O)(CCCS(=O)(=O)ON)CCCS(=O)(=O)ON)O[Si-2]123(O[Si](C)(C)CCCNC(=O)COCC(=O)ON)n4c5c6ccccc6c4N=C4c6ccccc6C(=[N+]41)N=c1c4ccccc4c(n12)=NC1=[N+]3C(=N5)c2ccccc21. The summed E-state index contributed by atoms with van der Waals surface area (Å²) in [5.41, 5.74) is 4.30. The summed E-state index contributed by atoms with van der Waals surface area (Å²) in [6, 6.07) is 33.1. The van der Waals surface area contributed by atoms with Crippen molar-refractivity contribution in [3.63, 3.8) is 0 Å². The molecule has 0 unspecified atom stereocenters. The molecule has 30 nitrogen and oxygen atoms in total. The zero-order valence-corrected chi connectivity index (χ0v) is 58.4. The van der Waals surface area contributed by atoms with Crippen molar-refractivity contribution in [3.05, 3.63) is 130 Å². The number of amidine groups is 4. The number of fused-ring (bicyclic) bond motifs is 12. The number of amides is 2. The third-order valence-electron chi connectivity index (χ3n) is 18.7. The molecule has 2 aromatic heterocycles. The fraction of sp³-hybridized carbons (Fsp3) is 0.407. The van der Waals surface area contributed by atoms with Crippen LogP contribution < -0.4 is 39.3 Å². The van der Waals surface area contributed by atoms with Gasteiger partial charge in [-0.3, -0.25) is 4.55 Å². The number of hydrogen-bond donors (Lipinski definition) is 6. The van der Waals surface area contributed by atoms with Crippen molar-refractivity contribution in [2.24, 2.45) is 37.7 Å². The van der Waals surface area contributed by atoms with E-state index >= 15 is 0 Å². The van der Waals surface area contributed by atoms with Gasteiger partial charge in [-0.25, -0.2) is 0 Å². The number of nitrogens with two attached hydrogens (primary N) is 3. The van der Waals surface area contributed by atoms with E-state index in [0.29, 0.717) is 70.9 Å². The molecule has 6 aromatic rings. The molecule has 36 heteroatoms. The van der Waals surface area contributed by atoms with Crippen LogP contribution in [0.4, 0.5) is 11.6 Å². The minimum atomic E-state index is -7.15. The van der Waals surface area contributed by atoms with Gasteiger partial charge in [-0.2, -0.15) is 51.5 Å². The number of aromatic nitrogens is 2. The fourth-order valence-electron chi connectivity index (χ4n) is 15.2. The van der Waals surface area contributed by atoms with Crippen molar-refractivity contribution in [2.45, 2.75) is 83.2 Å². The maximum atomic E-state index is 14.2. The number of nitrogens with one attached hydrogen (secondary N) is 2. The van der Waals surface area contributed by atoms with Crippen LogP contribution in [0.15, 0.2) is 117 Å². The second-order valence-electron chi connectivity index (χ2n) is 26.0. The van der Waals surface area contributed by atoms with Gasteiger partial charge in [0.25, 0.3) is 30.4 Å². The summed E-state index contributed by atoms with van der Waals surface area (Å²) in [6.07, 6.45) is 0.959. The van der Waals surface area contributed by atoms with Crippen LogP contribution in [0.5, 0.6) is 0 Å². The number of quaternary nitrogens is 1. The standard InChI is InChI=1S/C59H76N14O16S3Si3/c1-93(2,37-14-28-63-49(74)27-13-30-73(31-16-34-90(77,78)79,32-17-35-91(80,81)86-61)33-18-36-92(82,83)87-62)88-95(89-94(3,4)38-15-29-64-50(75)39-84-40-51(76)85-60)69-52-41-19-5-6-20-42(41)53(69)66-55-45-23-9-10-24-46(45)57(71(55)95)68-59-48-26-12-11-25-47(48)58(72(59)95)67-56-44-22-8-7-21-43(44)54(65-52)70(56)95/h5-12,19-26H,13-18,27-40,60-62H2,1-4H3,(H2-,63,64,74,75,77,78,79)/p+1. The van der Waals surface area contributed by atoms with Crippen molar-refractivity contribution in [2.75, 3.05) is 69.7 Å². The number of carbonyl (C=O) groups is 3. The average molecular weight is 1420 g/mol. The molecular weight excluding hydrogens is 1340 g/mol. The van der Waals surface area contributed by atoms with Gasteiger partial charge < -0.3 is 0 Å². The Morgan fingerprint density at radius 3 is 1.42 bits per heavy atom. The predicted molar refractivity (Wildman–Crippen MR) is 357 cm³/mol. The Morgan fingerprint density at radius 2 is 0.968 bits per heavy atom. The molecule has 8 heterocycles. The molecule has 12 rings (SSSR count). The zero-order valence-electron chi connectivity index (χ0n) is 52.9. The molecule has 0 aliphatic carbocycles. The van der Waals surface area contributed by atoms with Crippen molar-refractivity contribution in [3.8, 4) is 0 Å². The summed E-state index contributed by atoms with van der Waals surface area (Å²) in [7, 11) is -26.8. The molecule has 0 bridgehead atoms. The molecule has 95 heavy (non-hydrogen) atoms. The number of benzene rings is 4.